The summed E-state index contributed by atoms with van der Waals surface area (Å²) >= 11 is 0. The van der Waals surface area contributed by atoms with Gasteiger partial charge in [-0.2, -0.15) is 0 Å². The Labute approximate surface area is 137 Å². The fourth-order valence-corrected chi connectivity index (χ4v) is 2.58. The van der Waals surface area contributed by atoms with Crippen LogP contribution in [0, 0.1) is 11.8 Å². The minimum atomic E-state index is -0.381. The molecule has 128 valence electrons. The van der Waals surface area contributed by atoms with Crippen molar-refractivity contribution in [3.63, 3.8) is 0 Å². The highest BCUT2D eigenvalue weighted by Crippen LogP contribution is 2.22. The fraction of sp³-hybridized carbons (Fsp3) is 0.700. The lowest BCUT2D eigenvalue weighted by Crippen LogP contribution is -2.08. The average molecular weight is 309 g/mol. The molecule has 0 aliphatic carbocycles. The molecule has 0 radical (unpaired) electrons. The Balaban J connectivity index is 4.46. The maximum Gasteiger partial charge on any atom is 0.0760 e. The Kier molecular flexibility index (Phi) is 11.2. The van der Waals surface area contributed by atoms with Crippen molar-refractivity contribution in [2.24, 2.45) is 11.8 Å². The second-order valence-corrected chi connectivity index (χ2v) is 6.82. The van der Waals surface area contributed by atoms with Gasteiger partial charge in [-0.25, -0.2) is 0 Å². The van der Waals surface area contributed by atoms with Crippen molar-refractivity contribution in [3.8, 4) is 0 Å². The zero-order valence-electron chi connectivity index (χ0n) is 15.3. The number of hydrogen-bond donors (Lipinski definition) is 2. The van der Waals surface area contributed by atoms with Crippen molar-refractivity contribution in [2.45, 2.75) is 79.4 Å². The lowest BCUT2D eigenvalue weighted by Gasteiger charge is -2.18. The lowest BCUT2D eigenvalue weighted by atomic mass is 9.89. The van der Waals surface area contributed by atoms with Gasteiger partial charge in [0, 0.05) is 0 Å². The third-order valence-electron chi connectivity index (χ3n) is 3.93. The molecule has 0 spiro atoms. The van der Waals surface area contributed by atoms with E-state index in [0.717, 1.165) is 25.7 Å². The van der Waals surface area contributed by atoms with Gasteiger partial charge in [-0.3, -0.25) is 0 Å². The summed E-state index contributed by atoms with van der Waals surface area (Å²) in [6.45, 7) is 12.5. The van der Waals surface area contributed by atoms with E-state index in [4.69, 9.17) is 0 Å². The molecule has 2 N–H and O–H groups in total. The summed E-state index contributed by atoms with van der Waals surface area (Å²) in [5, 5.41) is 19.5. The van der Waals surface area contributed by atoms with E-state index in [9.17, 15) is 10.2 Å². The fourth-order valence-electron chi connectivity index (χ4n) is 2.58. The van der Waals surface area contributed by atoms with Gasteiger partial charge in [-0.15, -0.1) is 0 Å². The molecular weight excluding hydrogens is 272 g/mol. The van der Waals surface area contributed by atoms with Crippen molar-refractivity contribution in [3.05, 3.63) is 35.5 Å². The molecule has 2 nitrogen and oxygen atoms in total. The van der Waals surface area contributed by atoms with Gasteiger partial charge in [0.05, 0.1) is 12.2 Å². The Morgan fingerprint density at radius 1 is 1.00 bits per heavy atom. The molecular formula is C20H36O2. The highest BCUT2D eigenvalue weighted by molar-refractivity contribution is 5.08. The lowest BCUT2D eigenvalue weighted by molar-refractivity contribution is 0.222. The molecule has 0 saturated carbocycles. The molecule has 0 fully saturated rings. The molecule has 0 heterocycles. The molecule has 0 aliphatic rings. The van der Waals surface area contributed by atoms with Crippen molar-refractivity contribution in [1.82, 2.24) is 0 Å². The largest absolute Gasteiger partial charge is 0.389 e. The molecule has 0 aromatic rings. The quantitative estimate of drug-likeness (QED) is 0.556. The SMILES string of the molecule is CC/C=C(\C)C[C@@H](O)/C=C(\C)CC[C@H](/C=C/C(C)O)C(C)C. The third kappa shape index (κ3) is 10.8. The molecule has 0 rings (SSSR count). The first-order valence-electron chi connectivity index (χ1n) is 8.63. The Morgan fingerprint density at radius 3 is 2.14 bits per heavy atom. The van der Waals surface area contributed by atoms with E-state index in [0.29, 0.717) is 11.8 Å². The van der Waals surface area contributed by atoms with E-state index in [2.05, 4.69) is 46.8 Å². The Hall–Kier alpha value is -0.860. The summed E-state index contributed by atoms with van der Waals surface area (Å²) < 4.78 is 0. The van der Waals surface area contributed by atoms with Gasteiger partial charge in [0.2, 0.25) is 0 Å². The molecule has 0 saturated heterocycles. The monoisotopic (exact) mass is 308 g/mol. The zero-order valence-corrected chi connectivity index (χ0v) is 15.3. The van der Waals surface area contributed by atoms with Crippen molar-refractivity contribution in [1.29, 1.82) is 0 Å². The van der Waals surface area contributed by atoms with E-state index >= 15 is 0 Å². The van der Waals surface area contributed by atoms with Crippen LogP contribution in [0.3, 0.4) is 0 Å². The van der Waals surface area contributed by atoms with Crippen LogP contribution in [0.5, 0.6) is 0 Å². The second-order valence-electron chi connectivity index (χ2n) is 6.82. The van der Waals surface area contributed by atoms with Crippen molar-refractivity contribution >= 4 is 0 Å². The molecule has 1 unspecified atom stereocenters. The van der Waals surface area contributed by atoms with Gasteiger partial charge in [-0.1, -0.05) is 56.2 Å². The third-order valence-corrected chi connectivity index (χ3v) is 3.93. The van der Waals surface area contributed by atoms with Crippen LogP contribution >= 0.6 is 0 Å². The molecule has 3 atom stereocenters. The molecule has 2 heteroatoms. The van der Waals surface area contributed by atoms with E-state index < -0.39 is 0 Å². The van der Waals surface area contributed by atoms with Crippen LogP contribution in [0.4, 0.5) is 0 Å². The van der Waals surface area contributed by atoms with E-state index in [1.165, 1.54) is 11.1 Å². The Morgan fingerprint density at radius 2 is 1.64 bits per heavy atom. The van der Waals surface area contributed by atoms with Gasteiger partial charge in [0.15, 0.2) is 0 Å². The predicted molar refractivity (Wildman–Crippen MR) is 96.8 cm³/mol. The van der Waals surface area contributed by atoms with Crippen LogP contribution in [0.1, 0.15) is 67.2 Å². The summed E-state index contributed by atoms with van der Waals surface area (Å²) in [5.41, 5.74) is 2.49. The van der Waals surface area contributed by atoms with Gasteiger partial charge >= 0.3 is 0 Å². The van der Waals surface area contributed by atoms with Gasteiger partial charge in [0.1, 0.15) is 0 Å². The van der Waals surface area contributed by atoms with Crippen LogP contribution in [0.25, 0.3) is 0 Å². The van der Waals surface area contributed by atoms with Crippen molar-refractivity contribution in [2.75, 3.05) is 0 Å². The molecule has 0 aromatic carbocycles. The Bertz CT molecular complexity index is 375. The minimum Gasteiger partial charge on any atom is -0.389 e. The highest BCUT2D eigenvalue weighted by Gasteiger charge is 2.11. The second kappa shape index (κ2) is 11.7. The zero-order chi connectivity index (χ0) is 17.1. The summed E-state index contributed by atoms with van der Waals surface area (Å²) in [6.07, 6.45) is 11.2. The smallest absolute Gasteiger partial charge is 0.0760 e. The summed E-state index contributed by atoms with van der Waals surface area (Å²) in [6, 6.07) is 0. The molecule has 0 aliphatic heterocycles. The van der Waals surface area contributed by atoms with Gasteiger partial charge < -0.3 is 10.2 Å². The summed E-state index contributed by atoms with van der Waals surface area (Å²) in [7, 11) is 0. The van der Waals surface area contributed by atoms with Gasteiger partial charge in [0.25, 0.3) is 0 Å². The standard InChI is InChI=1S/C20H36O2/c1-7-8-16(4)13-20(22)14-17(5)9-11-19(15(2)3)12-10-18(6)21/h8,10,12,14-15,18-22H,7,9,11,13H2,1-6H3/b12-10+,16-8+,17-14+/t18?,19-,20-/m1/s1. The first-order valence-corrected chi connectivity index (χ1v) is 8.63. The topological polar surface area (TPSA) is 40.5 Å². The van der Waals surface area contributed by atoms with Crippen LogP contribution in [0.2, 0.25) is 0 Å². The minimum absolute atomic E-state index is 0.381. The van der Waals surface area contributed by atoms with E-state index in [1.807, 2.05) is 12.2 Å². The predicted octanol–water partition coefficient (Wildman–Crippen LogP) is 5.03. The maximum absolute atomic E-state index is 10.1. The number of aliphatic hydroxyl groups excluding tert-OH is 2. The van der Waals surface area contributed by atoms with Crippen LogP contribution in [-0.4, -0.2) is 22.4 Å². The van der Waals surface area contributed by atoms with Crippen LogP contribution < -0.4 is 0 Å². The number of allylic oxidation sites excluding steroid dienone is 3. The average Bonchev–Trinajstić information content (AvgIpc) is 2.37. The molecule has 0 bridgehead atoms. The molecule has 22 heavy (non-hydrogen) atoms. The van der Waals surface area contributed by atoms with Gasteiger partial charge in [-0.05, 0) is 58.3 Å². The summed E-state index contributed by atoms with van der Waals surface area (Å²) in [5.74, 6) is 1.03. The summed E-state index contributed by atoms with van der Waals surface area (Å²) in [4.78, 5) is 0. The first-order chi connectivity index (χ1) is 10.3. The van der Waals surface area contributed by atoms with Crippen LogP contribution in [0.15, 0.2) is 35.5 Å². The maximum atomic E-state index is 10.1. The molecule has 0 amide bonds. The van der Waals surface area contributed by atoms with E-state index in [-0.39, 0.29) is 12.2 Å². The normalized spacial score (nSPS) is 18.0. The van der Waals surface area contributed by atoms with Crippen molar-refractivity contribution < 1.29 is 10.2 Å². The van der Waals surface area contributed by atoms with Crippen LogP contribution in [-0.2, 0) is 0 Å². The highest BCUT2D eigenvalue weighted by atomic mass is 16.3. The molecule has 0 aromatic heterocycles. The van der Waals surface area contributed by atoms with E-state index in [1.54, 1.807) is 6.92 Å². The number of rotatable bonds is 10. The number of aliphatic hydroxyl groups is 2. The first kappa shape index (κ1) is 21.1. The number of hydrogen-bond acceptors (Lipinski definition) is 2.